The van der Waals surface area contributed by atoms with E-state index in [0.717, 1.165) is 5.56 Å². The summed E-state index contributed by atoms with van der Waals surface area (Å²) in [7, 11) is 1.54. The van der Waals surface area contributed by atoms with Crippen LogP contribution in [0.15, 0.2) is 54.7 Å². The van der Waals surface area contributed by atoms with Gasteiger partial charge < -0.3 is 35.6 Å². The quantitative estimate of drug-likeness (QED) is 0.291. The second-order valence-corrected chi connectivity index (χ2v) is 12.2. The molecule has 2 bridgehead atoms. The molecule has 2 aromatic rings. The first-order chi connectivity index (χ1) is 22.0. The minimum Gasteiger partial charge on any atom is -0.496 e. The Kier molecular flexibility index (Phi) is 11.4. The van der Waals surface area contributed by atoms with E-state index in [1.54, 1.807) is 52.0 Å². The molecule has 1 fully saturated rings. The van der Waals surface area contributed by atoms with Gasteiger partial charge in [0.15, 0.2) is 0 Å². The van der Waals surface area contributed by atoms with Crippen LogP contribution in [-0.2, 0) is 30.4 Å². The Labute approximate surface area is 269 Å². The first-order valence-electron chi connectivity index (χ1n) is 15.5. The van der Waals surface area contributed by atoms with Crippen LogP contribution in [0.3, 0.4) is 0 Å². The first-order valence-corrected chi connectivity index (χ1v) is 15.5. The minimum atomic E-state index is -1.11. The van der Waals surface area contributed by atoms with Gasteiger partial charge in [0.2, 0.25) is 30.0 Å². The molecule has 0 saturated carbocycles. The predicted molar refractivity (Wildman–Crippen MR) is 171 cm³/mol. The zero-order chi connectivity index (χ0) is 33.4. The van der Waals surface area contributed by atoms with Crippen LogP contribution in [0.1, 0.15) is 45.2 Å². The maximum atomic E-state index is 14.2. The van der Waals surface area contributed by atoms with E-state index in [1.807, 2.05) is 30.3 Å². The molecule has 2 aliphatic heterocycles. The van der Waals surface area contributed by atoms with Gasteiger partial charge in [0, 0.05) is 31.1 Å². The van der Waals surface area contributed by atoms with Crippen LogP contribution in [-0.4, -0.2) is 78.9 Å². The highest BCUT2D eigenvalue weighted by Crippen LogP contribution is 2.30. The van der Waals surface area contributed by atoms with Crippen molar-refractivity contribution in [1.82, 2.24) is 26.2 Å². The molecule has 0 radical (unpaired) electrons. The maximum absolute atomic E-state index is 14.2. The van der Waals surface area contributed by atoms with Crippen LogP contribution >= 0.6 is 0 Å². The zero-order valence-corrected chi connectivity index (χ0v) is 26.8. The summed E-state index contributed by atoms with van der Waals surface area (Å²) in [6, 6.07) is 10.6. The van der Waals surface area contributed by atoms with E-state index in [0.29, 0.717) is 29.9 Å². The number of hydrogen-bond donors (Lipinski definition) is 4. The van der Waals surface area contributed by atoms with E-state index in [2.05, 4.69) is 21.3 Å². The van der Waals surface area contributed by atoms with Crippen LogP contribution in [0.5, 0.6) is 11.5 Å². The highest BCUT2D eigenvalue weighted by Gasteiger charge is 2.47. The van der Waals surface area contributed by atoms with Crippen LogP contribution in [0.2, 0.25) is 0 Å². The van der Waals surface area contributed by atoms with Crippen LogP contribution < -0.4 is 30.7 Å². The van der Waals surface area contributed by atoms with Crippen molar-refractivity contribution in [3.8, 4) is 11.5 Å². The van der Waals surface area contributed by atoms with E-state index in [1.165, 1.54) is 18.2 Å². The van der Waals surface area contributed by atoms with Gasteiger partial charge in [-0.3, -0.25) is 24.0 Å². The summed E-state index contributed by atoms with van der Waals surface area (Å²) in [5.41, 5.74) is 1.48. The van der Waals surface area contributed by atoms with Gasteiger partial charge in [-0.2, -0.15) is 0 Å². The smallest absolute Gasteiger partial charge is 0.247 e. The van der Waals surface area contributed by atoms with Crippen molar-refractivity contribution in [2.75, 3.05) is 13.7 Å². The van der Waals surface area contributed by atoms with E-state index in [-0.39, 0.29) is 24.8 Å². The standard InChI is InChI=1S/C34H43N5O7/c1-20(2)28(36-19-40)32(42)38-29(21(3)4)34(44)39-16-14-27-30(39)33(43)37-25(17-22-9-7-6-8-10-22)31(41)35-15-13-23-18-24(46-27)11-12-26(23)45-5/h6-13,15,18-21,25,27-30H,14,16-17H2,1-5H3,(H,35,41)(H,36,40)(H,37,43)(H,38,42)/b15-13-. The Hall–Kier alpha value is -4.87. The summed E-state index contributed by atoms with van der Waals surface area (Å²) in [4.78, 5) is 67.5. The lowest BCUT2D eigenvalue weighted by molar-refractivity contribution is -0.144. The monoisotopic (exact) mass is 633 g/mol. The molecule has 0 aromatic heterocycles. The summed E-state index contributed by atoms with van der Waals surface area (Å²) in [5, 5.41) is 11.0. The van der Waals surface area contributed by atoms with E-state index >= 15 is 0 Å². The zero-order valence-electron chi connectivity index (χ0n) is 26.8. The van der Waals surface area contributed by atoms with Crippen molar-refractivity contribution < 1.29 is 33.4 Å². The fourth-order valence-corrected chi connectivity index (χ4v) is 5.75. The Morgan fingerprint density at radius 2 is 1.76 bits per heavy atom. The van der Waals surface area contributed by atoms with Crippen molar-refractivity contribution in [3.05, 3.63) is 65.9 Å². The molecule has 5 amide bonds. The molecule has 12 nitrogen and oxygen atoms in total. The van der Waals surface area contributed by atoms with Crippen molar-refractivity contribution in [2.45, 2.75) is 70.8 Å². The topological polar surface area (TPSA) is 155 Å². The van der Waals surface area contributed by atoms with Crippen LogP contribution in [0, 0.1) is 11.8 Å². The summed E-state index contributed by atoms with van der Waals surface area (Å²) < 4.78 is 11.8. The highest BCUT2D eigenvalue weighted by molar-refractivity contribution is 5.96. The average molecular weight is 634 g/mol. The molecule has 246 valence electrons. The number of rotatable bonds is 10. The molecular formula is C34H43N5O7. The largest absolute Gasteiger partial charge is 0.496 e. The molecule has 2 aromatic carbocycles. The van der Waals surface area contributed by atoms with Gasteiger partial charge in [0.05, 0.1) is 7.11 Å². The van der Waals surface area contributed by atoms with Gasteiger partial charge >= 0.3 is 0 Å². The van der Waals surface area contributed by atoms with E-state index in [9.17, 15) is 24.0 Å². The van der Waals surface area contributed by atoms with Crippen molar-refractivity contribution in [2.24, 2.45) is 11.8 Å². The Morgan fingerprint density at radius 1 is 1.04 bits per heavy atom. The Morgan fingerprint density at radius 3 is 2.41 bits per heavy atom. The van der Waals surface area contributed by atoms with Crippen molar-refractivity contribution in [3.63, 3.8) is 0 Å². The number of hydrogen-bond acceptors (Lipinski definition) is 7. The third kappa shape index (κ3) is 8.04. The molecule has 46 heavy (non-hydrogen) atoms. The molecule has 2 heterocycles. The summed E-state index contributed by atoms with van der Waals surface area (Å²) in [5.74, 6) is -1.52. The van der Waals surface area contributed by atoms with Crippen molar-refractivity contribution >= 4 is 36.1 Å². The van der Waals surface area contributed by atoms with Gasteiger partial charge in [0.25, 0.3) is 0 Å². The second-order valence-electron chi connectivity index (χ2n) is 12.2. The molecule has 5 atom stereocenters. The number of carbonyl (C=O) groups excluding carboxylic acids is 5. The lowest BCUT2D eigenvalue weighted by Crippen LogP contribution is -2.61. The first kappa shape index (κ1) is 34.0. The highest BCUT2D eigenvalue weighted by atomic mass is 16.5. The third-order valence-electron chi connectivity index (χ3n) is 8.21. The maximum Gasteiger partial charge on any atom is 0.247 e. The molecule has 1 saturated heterocycles. The van der Waals surface area contributed by atoms with Gasteiger partial charge in [-0.15, -0.1) is 0 Å². The molecule has 0 spiro atoms. The summed E-state index contributed by atoms with van der Waals surface area (Å²) in [6.45, 7) is 7.34. The van der Waals surface area contributed by atoms with Crippen LogP contribution in [0.4, 0.5) is 0 Å². The lowest BCUT2D eigenvalue weighted by Gasteiger charge is -2.33. The fraction of sp³-hybridized carbons (Fsp3) is 0.441. The number of amides is 5. The predicted octanol–water partition coefficient (Wildman–Crippen LogP) is 1.78. The molecule has 5 unspecified atom stereocenters. The number of nitrogens with one attached hydrogen (secondary N) is 4. The van der Waals surface area contributed by atoms with E-state index < -0.39 is 53.9 Å². The van der Waals surface area contributed by atoms with Gasteiger partial charge in [-0.25, -0.2) is 0 Å². The molecule has 0 aliphatic carbocycles. The number of ether oxygens (including phenoxy) is 2. The van der Waals surface area contributed by atoms with Crippen LogP contribution in [0.25, 0.3) is 6.08 Å². The number of likely N-dealkylation sites (tertiary alicyclic amines) is 1. The van der Waals surface area contributed by atoms with Gasteiger partial charge in [-0.1, -0.05) is 58.0 Å². The molecule has 4 N–H and O–H groups in total. The fourth-order valence-electron chi connectivity index (χ4n) is 5.75. The molecule has 2 aliphatic rings. The van der Waals surface area contributed by atoms with Crippen molar-refractivity contribution in [1.29, 1.82) is 0 Å². The summed E-state index contributed by atoms with van der Waals surface area (Å²) >= 11 is 0. The van der Waals surface area contributed by atoms with E-state index in [4.69, 9.17) is 9.47 Å². The Bertz CT molecular complexity index is 1440. The van der Waals surface area contributed by atoms with Gasteiger partial charge in [0.1, 0.15) is 41.8 Å². The Balaban J connectivity index is 1.70. The van der Waals surface area contributed by atoms with Gasteiger partial charge in [-0.05, 0) is 41.7 Å². The normalized spacial score (nSPS) is 21.6. The number of fused-ring (bicyclic) bond motifs is 3. The summed E-state index contributed by atoms with van der Waals surface area (Å²) in [6.07, 6.45) is 3.42. The molecule has 4 rings (SSSR count). The lowest BCUT2D eigenvalue weighted by atomic mass is 9.99. The molecule has 12 heteroatoms. The minimum absolute atomic E-state index is 0.180. The average Bonchev–Trinajstić information content (AvgIpc) is 3.45. The SMILES string of the molecule is COc1ccc2cc1/C=C\NC(=O)C(Cc1ccccc1)NC(=O)C1C(CCN1C(=O)C(NC(=O)C(NC=O)C(C)C)C(C)C)O2. The molecular weight excluding hydrogens is 590 g/mol. The number of methoxy groups -OCH3 is 1. The number of carbonyl (C=O) groups is 5. The number of nitrogens with zero attached hydrogens (tertiary/aromatic N) is 1. The number of benzene rings is 2. The second kappa shape index (κ2) is 15.4. The third-order valence-corrected chi connectivity index (χ3v) is 8.21.